The summed E-state index contributed by atoms with van der Waals surface area (Å²) in [6.07, 6.45) is 3.00. The van der Waals surface area contributed by atoms with Crippen molar-refractivity contribution < 1.29 is 27.1 Å². The largest absolute Gasteiger partial charge is 0.492 e. The number of para-hydroxylation sites is 2. The monoisotopic (exact) mass is 535 g/mol. The molecular formula is C27H38FN3O5S. The topological polar surface area (TPSA) is 96.0 Å². The van der Waals surface area contributed by atoms with Crippen LogP contribution in [0.2, 0.25) is 0 Å². The Hall–Kier alpha value is -3.14. The number of unbranched alkanes of at least 4 members (excludes halogenated alkanes) is 1. The van der Waals surface area contributed by atoms with E-state index in [1.165, 1.54) is 15.3 Å². The predicted molar refractivity (Wildman–Crippen MR) is 143 cm³/mol. The van der Waals surface area contributed by atoms with Crippen molar-refractivity contribution in [3.63, 3.8) is 0 Å². The molecule has 0 spiro atoms. The molecule has 8 nitrogen and oxygen atoms in total. The summed E-state index contributed by atoms with van der Waals surface area (Å²) in [4.78, 5) is 27.4. The van der Waals surface area contributed by atoms with Gasteiger partial charge in [-0.25, -0.2) is 12.8 Å². The van der Waals surface area contributed by atoms with Gasteiger partial charge in [-0.05, 0) is 44.9 Å². The third kappa shape index (κ3) is 9.03. The zero-order valence-electron chi connectivity index (χ0n) is 22.1. The third-order valence-electron chi connectivity index (χ3n) is 5.88. The van der Waals surface area contributed by atoms with Gasteiger partial charge in [-0.1, -0.05) is 43.7 Å². The highest BCUT2D eigenvalue weighted by atomic mass is 32.2. The number of sulfonamides is 1. The number of anilines is 1. The molecule has 37 heavy (non-hydrogen) atoms. The normalized spacial score (nSPS) is 12.0. The molecule has 0 aliphatic heterocycles. The van der Waals surface area contributed by atoms with Crippen LogP contribution >= 0.6 is 0 Å². The number of halogens is 1. The first-order chi connectivity index (χ1) is 17.6. The molecule has 0 aromatic heterocycles. The fourth-order valence-electron chi connectivity index (χ4n) is 3.85. The summed E-state index contributed by atoms with van der Waals surface area (Å²) in [5.41, 5.74) is 0.693. The Kier molecular flexibility index (Phi) is 11.8. The highest BCUT2D eigenvalue weighted by Gasteiger charge is 2.27. The van der Waals surface area contributed by atoms with Crippen LogP contribution in [-0.4, -0.2) is 57.1 Å². The van der Waals surface area contributed by atoms with Gasteiger partial charge in [0.15, 0.2) is 0 Å². The second kappa shape index (κ2) is 14.6. The Morgan fingerprint density at radius 1 is 1.05 bits per heavy atom. The van der Waals surface area contributed by atoms with E-state index in [-0.39, 0.29) is 37.7 Å². The highest BCUT2D eigenvalue weighted by molar-refractivity contribution is 7.92. The molecule has 0 aliphatic carbocycles. The SMILES string of the molecule is CCCCNC(=O)C(C)N(Cc1ccccc1F)C(=O)CCCN(c1ccccc1OCC)S(C)(=O)=O. The minimum atomic E-state index is -3.66. The van der Waals surface area contributed by atoms with E-state index in [4.69, 9.17) is 4.74 Å². The zero-order chi connectivity index (χ0) is 27.4. The van der Waals surface area contributed by atoms with E-state index < -0.39 is 21.9 Å². The van der Waals surface area contributed by atoms with Gasteiger partial charge in [-0.2, -0.15) is 0 Å². The first-order valence-electron chi connectivity index (χ1n) is 12.6. The fraction of sp³-hybridized carbons (Fsp3) is 0.481. The van der Waals surface area contributed by atoms with E-state index in [2.05, 4.69) is 5.32 Å². The lowest BCUT2D eigenvalue weighted by Gasteiger charge is -2.29. The average molecular weight is 536 g/mol. The summed E-state index contributed by atoms with van der Waals surface area (Å²) in [5.74, 6) is -0.718. The summed E-state index contributed by atoms with van der Waals surface area (Å²) < 4.78 is 46.3. The maximum atomic E-state index is 14.4. The van der Waals surface area contributed by atoms with Gasteiger partial charge >= 0.3 is 0 Å². The zero-order valence-corrected chi connectivity index (χ0v) is 22.9. The van der Waals surface area contributed by atoms with E-state index in [0.717, 1.165) is 19.1 Å². The van der Waals surface area contributed by atoms with Gasteiger partial charge in [-0.15, -0.1) is 0 Å². The number of benzene rings is 2. The van der Waals surface area contributed by atoms with Crippen LogP contribution < -0.4 is 14.4 Å². The molecule has 10 heteroatoms. The van der Waals surface area contributed by atoms with Crippen molar-refractivity contribution >= 4 is 27.5 Å². The Morgan fingerprint density at radius 2 is 1.73 bits per heavy atom. The van der Waals surface area contributed by atoms with Gasteiger partial charge in [0.2, 0.25) is 21.8 Å². The van der Waals surface area contributed by atoms with Gasteiger partial charge in [0.1, 0.15) is 17.6 Å². The molecule has 0 bridgehead atoms. The molecule has 2 aromatic rings. The maximum Gasteiger partial charge on any atom is 0.242 e. The molecule has 1 N–H and O–H groups in total. The summed E-state index contributed by atoms with van der Waals surface area (Å²) in [6, 6.07) is 12.1. The number of hydrogen-bond acceptors (Lipinski definition) is 5. The van der Waals surface area contributed by atoms with Crippen LogP contribution in [0.5, 0.6) is 5.75 Å². The Bertz CT molecular complexity index is 1140. The van der Waals surface area contributed by atoms with Crippen LogP contribution in [0, 0.1) is 5.82 Å². The Morgan fingerprint density at radius 3 is 2.38 bits per heavy atom. The molecule has 204 valence electrons. The van der Waals surface area contributed by atoms with Crippen molar-refractivity contribution in [1.82, 2.24) is 10.2 Å². The summed E-state index contributed by atoms with van der Waals surface area (Å²) >= 11 is 0. The summed E-state index contributed by atoms with van der Waals surface area (Å²) in [5, 5.41) is 2.82. The molecule has 2 rings (SSSR count). The Labute approximate surface area is 219 Å². The van der Waals surface area contributed by atoms with Crippen LogP contribution in [0.3, 0.4) is 0 Å². The van der Waals surface area contributed by atoms with Crippen LogP contribution in [0.15, 0.2) is 48.5 Å². The lowest BCUT2D eigenvalue weighted by molar-refractivity contribution is -0.140. The van der Waals surface area contributed by atoms with E-state index >= 15 is 0 Å². The molecule has 1 atom stereocenters. The lowest BCUT2D eigenvalue weighted by Crippen LogP contribution is -2.48. The van der Waals surface area contributed by atoms with E-state index in [1.54, 1.807) is 49.4 Å². The number of ether oxygens (including phenoxy) is 1. The standard InChI is InChI=1S/C27H38FN3O5S/c1-5-7-18-29-27(33)21(3)30(20-22-13-8-9-14-23(22)28)26(32)17-12-19-31(37(4,34)35)24-15-10-11-16-25(24)36-6-2/h8-11,13-16,21H,5-7,12,17-20H2,1-4H3,(H,29,33). The van der Waals surface area contributed by atoms with Crippen molar-refractivity contribution in [1.29, 1.82) is 0 Å². The number of carbonyl (C=O) groups is 2. The van der Waals surface area contributed by atoms with Crippen molar-refractivity contribution in [2.45, 2.75) is 59.0 Å². The van der Waals surface area contributed by atoms with Crippen LogP contribution in [-0.2, 0) is 26.2 Å². The average Bonchev–Trinajstić information content (AvgIpc) is 2.85. The molecule has 1 unspecified atom stereocenters. The van der Waals surface area contributed by atoms with Gasteiger partial charge in [0, 0.05) is 31.6 Å². The van der Waals surface area contributed by atoms with Gasteiger partial charge in [0.05, 0.1) is 18.6 Å². The number of carbonyl (C=O) groups excluding carboxylic acids is 2. The molecule has 0 fully saturated rings. The summed E-state index contributed by atoms with van der Waals surface area (Å²) in [6.45, 7) is 6.26. The van der Waals surface area contributed by atoms with Gasteiger partial charge in [-0.3, -0.25) is 13.9 Å². The minimum absolute atomic E-state index is 0.0240. The van der Waals surface area contributed by atoms with Crippen molar-refractivity contribution in [2.75, 3.05) is 30.3 Å². The van der Waals surface area contributed by atoms with E-state index in [0.29, 0.717) is 30.2 Å². The van der Waals surface area contributed by atoms with Crippen molar-refractivity contribution in [2.24, 2.45) is 0 Å². The van der Waals surface area contributed by atoms with Crippen molar-refractivity contribution in [3.05, 3.63) is 59.9 Å². The number of rotatable bonds is 15. The van der Waals surface area contributed by atoms with Crippen LogP contribution in [0.1, 0.15) is 52.0 Å². The maximum absolute atomic E-state index is 14.4. The first-order valence-corrected chi connectivity index (χ1v) is 14.4. The third-order valence-corrected chi connectivity index (χ3v) is 7.06. The highest BCUT2D eigenvalue weighted by Crippen LogP contribution is 2.30. The van der Waals surface area contributed by atoms with Crippen LogP contribution in [0.25, 0.3) is 0 Å². The van der Waals surface area contributed by atoms with E-state index in [9.17, 15) is 22.4 Å². The smallest absolute Gasteiger partial charge is 0.242 e. The number of nitrogens with one attached hydrogen (secondary N) is 1. The molecule has 0 radical (unpaired) electrons. The molecule has 0 saturated carbocycles. The first kappa shape index (κ1) is 30.1. The lowest BCUT2D eigenvalue weighted by atomic mass is 10.1. The van der Waals surface area contributed by atoms with E-state index in [1.807, 2.05) is 13.8 Å². The second-order valence-electron chi connectivity index (χ2n) is 8.77. The quantitative estimate of drug-likeness (QED) is 0.347. The van der Waals surface area contributed by atoms with Crippen LogP contribution in [0.4, 0.5) is 10.1 Å². The van der Waals surface area contributed by atoms with Gasteiger partial charge in [0.25, 0.3) is 0 Å². The molecule has 2 aromatic carbocycles. The molecule has 2 amide bonds. The number of nitrogens with zero attached hydrogens (tertiary/aromatic N) is 2. The minimum Gasteiger partial charge on any atom is -0.492 e. The number of hydrogen-bond donors (Lipinski definition) is 1. The molecule has 0 saturated heterocycles. The Balaban J connectivity index is 2.19. The molecule has 0 aliphatic rings. The van der Waals surface area contributed by atoms with Crippen molar-refractivity contribution in [3.8, 4) is 5.75 Å². The van der Waals surface area contributed by atoms with Gasteiger partial charge < -0.3 is 15.0 Å². The second-order valence-corrected chi connectivity index (χ2v) is 10.7. The predicted octanol–water partition coefficient (Wildman–Crippen LogP) is 4.10. The number of amides is 2. The molecule has 0 heterocycles. The fourth-order valence-corrected chi connectivity index (χ4v) is 4.82. The summed E-state index contributed by atoms with van der Waals surface area (Å²) in [7, 11) is -3.66. The molecular weight excluding hydrogens is 497 g/mol.